The van der Waals surface area contributed by atoms with E-state index in [0.29, 0.717) is 0 Å². The van der Waals surface area contributed by atoms with Crippen molar-refractivity contribution in [3.63, 3.8) is 0 Å². The number of hydrogen-bond acceptors (Lipinski definition) is 2. The monoisotopic (exact) mass is 256 g/mol. The molecule has 92 valence electrons. The number of hydrogen-bond donors (Lipinski definition) is 2. The predicted octanol–water partition coefficient (Wildman–Crippen LogP) is 3.74. The first-order valence-corrected chi connectivity index (χ1v) is 6.57. The van der Waals surface area contributed by atoms with E-state index in [-0.39, 0.29) is 5.84 Å². The largest absolute Gasteiger partial charge is 0.384 e. The van der Waals surface area contributed by atoms with Crippen LogP contribution in [0.1, 0.15) is 16.7 Å². The summed E-state index contributed by atoms with van der Waals surface area (Å²) >= 11 is 1.73. The summed E-state index contributed by atoms with van der Waals surface area (Å²) in [6.07, 6.45) is 0. The molecule has 0 amide bonds. The summed E-state index contributed by atoms with van der Waals surface area (Å²) in [6, 6.07) is 14.3. The minimum atomic E-state index is 0.116. The fourth-order valence-electron chi connectivity index (χ4n) is 1.66. The van der Waals surface area contributed by atoms with Crippen molar-refractivity contribution in [3.05, 3.63) is 59.2 Å². The second-order valence-electron chi connectivity index (χ2n) is 4.31. The number of nitrogen functional groups attached to an aromatic ring is 1. The van der Waals surface area contributed by atoms with Crippen molar-refractivity contribution in [2.24, 2.45) is 5.73 Å². The van der Waals surface area contributed by atoms with E-state index in [4.69, 9.17) is 11.1 Å². The zero-order valence-electron chi connectivity index (χ0n) is 10.5. The summed E-state index contributed by atoms with van der Waals surface area (Å²) in [5.41, 5.74) is 8.67. The molecule has 18 heavy (non-hydrogen) atoms. The van der Waals surface area contributed by atoms with Crippen LogP contribution in [0.4, 0.5) is 0 Å². The van der Waals surface area contributed by atoms with Crippen LogP contribution in [-0.4, -0.2) is 5.84 Å². The van der Waals surface area contributed by atoms with Crippen LogP contribution in [0, 0.1) is 19.3 Å². The highest BCUT2D eigenvalue weighted by Crippen LogP contribution is 2.30. The van der Waals surface area contributed by atoms with Gasteiger partial charge in [-0.2, -0.15) is 0 Å². The lowest BCUT2D eigenvalue weighted by atomic mass is 10.1. The minimum absolute atomic E-state index is 0.116. The minimum Gasteiger partial charge on any atom is -0.384 e. The molecule has 3 heteroatoms. The Labute approximate surface area is 112 Å². The molecule has 0 aliphatic rings. The molecule has 2 aromatic rings. The summed E-state index contributed by atoms with van der Waals surface area (Å²) in [6.45, 7) is 4.13. The van der Waals surface area contributed by atoms with E-state index >= 15 is 0 Å². The fourth-order valence-corrected chi connectivity index (χ4v) is 2.55. The highest BCUT2D eigenvalue weighted by Gasteiger charge is 2.04. The molecule has 0 aliphatic carbocycles. The maximum Gasteiger partial charge on any atom is 0.122 e. The summed E-state index contributed by atoms with van der Waals surface area (Å²) in [5.74, 6) is 0.116. The first kappa shape index (κ1) is 12.7. The van der Waals surface area contributed by atoms with Crippen molar-refractivity contribution in [2.45, 2.75) is 23.6 Å². The number of rotatable bonds is 3. The van der Waals surface area contributed by atoms with Crippen molar-refractivity contribution in [1.29, 1.82) is 5.41 Å². The van der Waals surface area contributed by atoms with Crippen LogP contribution in [0.25, 0.3) is 0 Å². The molecule has 0 fully saturated rings. The molecule has 0 bridgehead atoms. The summed E-state index contributed by atoms with van der Waals surface area (Å²) in [7, 11) is 0. The molecule has 2 aromatic carbocycles. The molecule has 0 heterocycles. The zero-order chi connectivity index (χ0) is 13.1. The van der Waals surface area contributed by atoms with Gasteiger partial charge in [-0.15, -0.1) is 0 Å². The van der Waals surface area contributed by atoms with Gasteiger partial charge in [0.1, 0.15) is 5.84 Å². The topological polar surface area (TPSA) is 49.9 Å². The predicted molar refractivity (Wildman–Crippen MR) is 77.5 cm³/mol. The third kappa shape index (κ3) is 2.93. The van der Waals surface area contributed by atoms with Crippen LogP contribution < -0.4 is 5.73 Å². The molecule has 0 spiro atoms. The first-order valence-electron chi connectivity index (χ1n) is 5.76. The average molecular weight is 256 g/mol. The van der Waals surface area contributed by atoms with E-state index in [0.717, 1.165) is 11.1 Å². The standard InChI is InChI=1S/C15H16N2S/c1-10-3-6-13(7-4-10)18-14-8-5-12(15(16)17)9-11(14)2/h3-9H,1-2H3,(H3,16,17). The summed E-state index contributed by atoms with van der Waals surface area (Å²) in [4.78, 5) is 2.42. The molecule has 0 atom stereocenters. The highest BCUT2D eigenvalue weighted by molar-refractivity contribution is 7.99. The van der Waals surface area contributed by atoms with Crippen LogP contribution in [0.5, 0.6) is 0 Å². The zero-order valence-corrected chi connectivity index (χ0v) is 11.3. The van der Waals surface area contributed by atoms with Crippen LogP contribution in [0.3, 0.4) is 0 Å². The SMILES string of the molecule is Cc1ccc(Sc2ccc(C(=N)N)cc2C)cc1. The van der Waals surface area contributed by atoms with Gasteiger partial charge in [0.15, 0.2) is 0 Å². The lowest BCUT2D eigenvalue weighted by molar-refractivity contribution is 1.27. The molecule has 0 aromatic heterocycles. The van der Waals surface area contributed by atoms with Gasteiger partial charge in [0.25, 0.3) is 0 Å². The Morgan fingerprint density at radius 2 is 1.72 bits per heavy atom. The van der Waals surface area contributed by atoms with Gasteiger partial charge >= 0.3 is 0 Å². The molecule has 0 saturated carbocycles. The number of nitrogens with two attached hydrogens (primary N) is 1. The Balaban J connectivity index is 2.24. The quantitative estimate of drug-likeness (QED) is 0.649. The number of nitrogens with one attached hydrogen (secondary N) is 1. The maximum absolute atomic E-state index is 7.42. The molecule has 0 unspecified atom stereocenters. The molecule has 2 nitrogen and oxygen atoms in total. The van der Waals surface area contributed by atoms with E-state index in [9.17, 15) is 0 Å². The molecule has 3 N–H and O–H groups in total. The second kappa shape index (κ2) is 5.27. The van der Waals surface area contributed by atoms with Crippen molar-refractivity contribution >= 4 is 17.6 Å². The normalized spacial score (nSPS) is 10.3. The van der Waals surface area contributed by atoms with E-state index in [1.807, 2.05) is 25.1 Å². The van der Waals surface area contributed by atoms with Gasteiger partial charge in [-0.1, -0.05) is 35.5 Å². The van der Waals surface area contributed by atoms with Crippen molar-refractivity contribution in [2.75, 3.05) is 0 Å². The van der Waals surface area contributed by atoms with Crippen LogP contribution in [0.15, 0.2) is 52.3 Å². The van der Waals surface area contributed by atoms with Crippen LogP contribution in [0.2, 0.25) is 0 Å². The van der Waals surface area contributed by atoms with Crippen LogP contribution in [-0.2, 0) is 0 Å². The maximum atomic E-state index is 7.42. The molecule has 0 radical (unpaired) electrons. The lowest BCUT2D eigenvalue weighted by Gasteiger charge is -2.08. The summed E-state index contributed by atoms with van der Waals surface area (Å²) < 4.78 is 0. The van der Waals surface area contributed by atoms with Gasteiger partial charge in [0.2, 0.25) is 0 Å². The van der Waals surface area contributed by atoms with Crippen molar-refractivity contribution in [1.82, 2.24) is 0 Å². The molecular weight excluding hydrogens is 240 g/mol. The van der Waals surface area contributed by atoms with E-state index in [1.165, 1.54) is 15.4 Å². The number of aryl methyl sites for hydroxylation is 2. The third-order valence-electron chi connectivity index (χ3n) is 2.73. The lowest BCUT2D eigenvalue weighted by Crippen LogP contribution is -2.10. The number of amidine groups is 1. The Morgan fingerprint density at radius 3 is 2.28 bits per heavy atom. The summed E-state index contributed by atoms with van der Waals surface area (Å²) in [5, 5.41) is 7.42. The third-order valence-corrected chi connectivity index (χ3v) is 3.92. The van der Waals surface area contributed by atoms with Gasteiger partial charge in [0, 0.05) is 15.4 Å². The van der Waals surface area contributed by atoms with Gasteiger partial charge in [-0.3, -0.25) is 5.41 Å². The first-order chi connectivity index (χ1) is 8.56. The van der Waals surface area contributed by atoms with Crippen molar-refractivity contribution < 1.29 is 0 Å². The van der Waals surface area contributed by atoms with Crippen molar-refractivity contribution in [3.8, 4) is 0 Å². The molecular formula is C15H16N2S. The Kier molecular flexibility index (Phi) is 3.72. The molecule has 2 rings (SSSR count). The Morgan fingerprint density at radius 1 is 1.06 bits per heavy atom. The van der Waals surface area contributed by atoms with Gasteiger partial charge in [0.05, 0.1) is 0 Å². The Hall–Kier alpha value is -1.74. The van der Waals surface area contributed by atoms with Crippen LogP contribution >= 0.6 is 11.8 Å². The number of benzene rings is 2. The highest BCUT2D eigenvalue weighted by atomic mass is 32.2. The Bertz CT molecular complexity index is 574. The van der Waals surface area contributed by atoms with Gasteiger partial charge in [-0.05, 0) is 43.7 Å². The smallest absolute Gasteiger partial charge is 0.122 e. The second-order valence-corrected chi connectivity index (χ2v) is 5.42. The van der Waals surface area contributed by atoms with E-state index in [1.54, 1.807) is 11.8 Å². The molecule has 0 saturated heterocycles. The van der Waals surface area contributed by atoms with Gasteiger partial charge in [-0.25, -0.2) is 0 Å². The average Bonchev–Trinajstić information content (AvgIpc) is 2.34. The fraction of sp³-hybridized carbons (Fsp3) is 0.133. The van der Waals surface area contributed by atoms with E-state index in [2.05, 4.69) is 31.2 Å². The van der Waals surface area contributed by atoms with Gasteiger partial charge < -0.3 is 5.73 Å². The molecule has 0 aliphatic heterocycles. The van der Waals surface area contributed by atoms with E-state index < -0.39 is 0 Å².